The highest BCUT2D eigenvalue weighted by atomic mass is 16.2. The molecule has 5 heteroatoms. The molecule has 1 heterocycles. The fourth-order valence-corrected chi connectivity index (χ4v) is 2.14. The third-order valence-corrected chi connectivity index (χ3v) is 3.25. The largest absolute Gasteiger partial charge is 0.353 e. The van der Waals surface area contributed by atoms with Gasteiger partial charge in [0.25, 0.3) is 0 Å². The molecular weight excluding hydrogens is 242 g/mol. The molecule has 2 amide bonds. The van der Waals surface area contributed by atoms with Crippen LogP contribution >= 0.6 is 0 Å². The maximum absolute atomic E-state index is 11.7. The van der Waals surface area contributed by atoms with Crippen molar-refractivity contribution in [1.29, 1.82) is 0 Å². The first-order valence-corrected chi connectivity index (χ1v) is 6.52. The quantitative estimate of drug-likeness (QED) is 0.807. The topological polar surface area (TPSA) is 75.4 Å². The monoisotopic (exact) mass is 261 g/mol. The van der Waals surface area contributed by atoms with Crippen LogP contribution in [0.25, 0.3) is 0 Å². The van der Waals surface area contributed by atoms with Gasteiger partial charge in [0.05, 0.1) is 6.54 Å². The highest BCUT2D eigenvalue weighted by Gasteiger charge is 2.22. The summed E-state index contributed by atoms with van der Waals surface area (Å²) in [6.45, 7) is 1.20. The van der Waals surface area contributed by atoms with Gasteiger partial charge in [-0.2, -0.15) is 0 Å². The number of amides is 2. The molecule has 0 spiro atoms. The molecular formula is C14H19N3O2. The second kappa shape index (κ2) is 6.33. The summed E-state index contributed by atoms with van der Waals surface area (Å²) < 4.78 is 0. The summed E-state index contributed by atoms with van der Waals surface area (Å²) in [4.78, 5) is 24.7. The summed E-state index contributed by atoms with van der Waals surface area (Å²) >= 11 is 0. The number of carbonyl (C=O) groups excluding carboxylic acids is 2. The van der Waals surface area contributed by atoms with Gasteiger partial charge in [-0.15, -0.1) is 0 Å². The van der Waals surface area contributed by atoms with Crippen LogP contribution in [0.15, 0.2) is 30.3 Å². The molecule has 1 atom stereocenters. The Morgan fingerprint density at radius 1 is 1.37 bits per heavy atom. The Labute approximate surface area is 112 Å². The SMILES string of the molecule is NC(CNC(=O)CN1CCCC1=O)c1ccccc1. The van der Waals surface area contributed by atoms with Gasteiger partial charge in [0.1, 0.15) is 0 Å². The van der Waals surface area contributed by atoms with E-state index < -0.39 is 0 Å². The Morgan fingerprint density at radius 3 is 2.74 bits per heavy atom. The molecule has 0 bridgehead atoms. The van der Waals surface area contributed by atoms with E-state index in [1.807, 2.05) is 30.3 Å². The molecule has 1 aromatic carbocycles. The van der Waals surface area contributed by atoms with E-state index in [0.29, 0.717) is 19.5 Å². The number of nitrogens with one attached hydrogen (secondary N) is 1. The summed E-state index contributed by atoms with van der Waals surface area (Å²) in [7, 11) is 0. The number of rotatable bonds is 5. The molecule has 1 unspecified atom stereocenters. The number of nitrogens with zero attached hydrogens (tertiary/aromatic N) is 1. The van der Waals surface area contributed by atoms with E-state index in [-0.39, 0.29) is 24.4 Å². The molecule has 1 saturated heterocycles. The molecule has 3 N–H and O–H groups in total. The van der Waals surface area contributed by atoms with Crippen molar-refractivity contribution in [3.05, 3.63) is 35.9 Å². The molecule has 1 aromatic rings. The van der Waals surface area contributed by atoms with E-state index in [1.165, 1.54) is 0 Å². The Kier molecular flexibility index (Phi) is 4.52. The lowest BCUT2D eigenvalue weighted by molar-refractivity contribution is -0.133. The van der Waals surface area contributed by atoms with E-state index >= 15 is 0 Å². The number of likely N-dealkylation sites (tertiary alicyclic amines) is 1. The van der Waals surface area contributed by atoms with Crippen molar-refractivity contribution in [1.82, 2.24) is 10.2 Å². The fourth-order valence-electron chi connectivity index (χ4n) is 2.14. The average Bonchev–Trinajstić information content (AvgIpc) is 2.82. The Hall–Kier alpha value is -1.88. The number of hydrogen-bond donors (Lipinski definition) is 2. The van der Waals surface area contributed by atoms with Crippen LogP contribution in [0.2, 0.25) is 0 Å². The zero-order valence-electron chi connectivity index (χ0n) is 10.8. The zero-order chi connectivity index (χ0) is 13.7. The Bertz CT molecular complexity index is 447. The van der Waals surface area contributed by atoms with Crippen LogP contribution in [0, 0.1) is 0 Å². The van der Waals surface area contributed by atoms with Crippen LogP contribution in [0.4, 0.5) is 0 Å². The van der Waals surface area contributed by atoms with Gasteiger partial charge in [-0.1, -0.05) is 30.3 Å². The van der Waals surface area contributed by atoms with Gasteiger partial charge < -0.3 is 16.0 Å². The predicted octanol–water partition coefficient (Wildman–Crippen LogP) is 0.425. The number of carbonyl (C=O) groups is 2. The first-order valence-electron chi connectivity index (χ1n) is 6.52. The molecule has 1 aliphatic heterocycles. The van der Waals surface area contributed by atoms with E-state index in [9.17, 15) is 9.59 Å². The summed E-state index contributed by atoms with van der Waals surface area (Å²) in [5, 5.41) is 2.77. The van der Waals surface area contributed by atoms with Crippen molar-refractivity contribution >= 4 is 11.8 Å². The first kappa shape index (κ1) is 13.5. The lowest BCUT2D eigenvalue weighted by Gasteiger charge is -2.17. The van der Waals surface area contributed by atoms with Gasteiger partial charge in [-0.05, 0) is 12.0 Å². The standard InChI is InChI=1S/C14H19N3O2/c15-12(11-5-2-1-3-6-11)9-16-13(18)10-17-8-4-7-14(17)19/h1-3,5-6,12H,4,7-10,15H2,(H,16,18). The number of nitrogens with two attached hydrogens (primary N) is 1. The van der Waals surface area contributed by atoms with Gasteiger partial charge >= 0.3 is 0 Å². The van der Waals surface area contributed by atoms with Crippen molar-refractivity contribution < 1.29 is 9.59 Å². The van der Waals surface area contributed by atoms with Gasteiger partial charge in [-0.3, -0.25) is 9.59 Å². The van der Waals surface area contributed by atoms with Crippen LogP contribution < -0.4 is 11.1 Å². The van der Waals surface area contributed by atoms with E-state index in [2.05, 4.69) is 5.32 Å². The summed E-state index contributed by atoms with van der Waals surface area (Å²) in [6.07, 6.45) is 1.40. The molecule has 0 radical (unpaired) electrons. The second-order valence-corrected chi connectivity index (χ2v) is 4.74. The lowest BCUT2D eigenvalue weighted by Crippen LogP contribution is -2.40. The van der Waals surface area contributed by atoms with Crippen molar-refractivity contribution in [2.24, 2.45) is 5.73 Å². The first-order chi connectivity index (χ1) is 9.16. The maximum atomic E-state index is 11.7. The molecule has 19 heavy (non-hydrogen) atoms. The van der Waals surface area contributed by atoms with E-state index in [4.69, 9.17) is 5.73 Å². The third-order valence-electron chi connectivity index (χ3n) is 3.25. The molecule has 102 valence electrons. The highest BCUT2D eigenvalue weighted by molar-refractivity contribution is 5.85. The third kappa shape index (κ3) is 3.79. The summed E-state index contributed by atoms with van der Waals surface area (Å²) in [5.74, 6) is -0.0934. The van der Waals surface area contributed by atoms with Crippen LogP contribution in [0.3, 0.4) is 0 Å². The summed E-state index contributed by atoms with van der Waals surface area (Å²) in [5.41, 5.74) is 6.97. The second-order valence-electron chi connectivity index (χ2n) is 4.74. The molecule has 5 nitrogen and oxygen atoms in total. The molecule has 1 fully saturated rings. The normalized spacial score (nSPS) is 16.5. The van der Waals surface area contributed by atoms with E-state index in [1.54, 1.807) is 4.90 Å². The highest BCUT2D eigenvalue weighted by Crippen LogP contribution is 2.09. The van der Waals surface area contributed by atoms with Crippen LogP contribution in [-0.2, 0) is 9.59 Å². The Morgan fingerprint density at radius 2 is 2.11 bits per heavy atom. The van der Waals surface area contributed by atoms with Crippen molar-refractivity contribution in [3.8, 4) is 0 Å². The minimum absolute atomic E-state index is 0.0579. The van der Waals surface area contributed by atoms with Crippen molar-refractivity contribution in [3.63, 3.8) is 0 Å². The minimum atomic E-state index is -0.223. The molecule has 0 aliphatic carbocycles. The minimum Gasteiger partial charge on any atom is -0.353 e. The van der Waals surface area contributed by atoms with Crippen molar-refractivity contribution in [2.75, 3.05) is 19.6 Å². The fraction of sp³-hybridized carbons (Fsp3) is 0.429. The number of hydrogen-bond acceptors (Lipinski definition) is 3. The van der Waals surface area contributed by atoms with Gasteiger partial charge in [0.15, 0.2) is 0 Å². The zero-order valence-corrected chi connectivity index (χ0v) is 10.8. The van der Waals surface area contributed by atoms with Crippen molar-refractivity contribution in [2.45, 2.75) is 18.9 Å². The van der Waals surface area contributed by atoms with Gasteiger partial charge in [0.2, 0.25) is 11.8 Å². The smallest absolute Gasteiger partial charge is 0.239 e. The van der Waals surface area contributed by atoms with Crippen LogP contribution in [-0.4, -0.2) is 36.3 Å². The molecule has 1 aliphatic rings. The van der Waals surface area contributed by atoms with Gasteiger partial charge in [-0.25, -0.2) is 0 Å². The average molecular weight is 261 g/mol. The van der Waals surface area contributed by atoms with Crippen LogP contribution in [0.5, 0.6) is 0 Å². The van der Waals surface area contributed by atoms with Crippen LogP contribution in [0.1, 0.15) is 24.4 Å². The number of benzene rings is 1. The molecule has 0 aromatic heterocycles. The van der Waals surface area contributed by atoms with E-state index in [0.717, 1.165) is 12.0 Å². The Balaban J connectivity index is 1.76. The predicted molar refractivity (Wildman–Crippen MR) is 72.2 cm³/mol. The molecule has 2 rings (SSSR count). The maximum Gasteiger partial charge on any atom is 0.239 e. The molecule has 0 saturated carbocycles. The van der Waals surface area contributed by atoms with Gasteiger partial charge in [0, 0.05) is 25.6 Å². The summed E-state index contributed by atoms with van der Waals surface area (Å²) in [6, 6.07) is 9.40. The lowest BCUT2D eigenvalue weighted by atomic mass is 10.1.